The maximum atomic E-state index is 12.1. The van der Waals surface area contributed by atoms with E-state index in [9.17, 15) is 4.79 Å². The fourth-order valence-corrected chi connectivity index (χ4v) is 3.01. The summed E-state index contributed by atoms with van der Waals surface area (Å²) in [7, 11) is 0. The fourth-order valence-electron chi connectivity index (χ4n) is 2.74. The van der Waals surface area contributed by atoms with E-state index >= 15 is 0 Å². The van der Waals surface area contributed by atoms with Gasteiger partial charge in [0.2, 0.25) is 5.91 Å². The molecule has 6 nitrogen and oxygen atoms in total. The Morgan fingerprint density at radius 2 is 1.88 bits per heavy atom. The van der Waals surface area contributed by atoms with Gasteiger partial charge in [-0.3, -0.25) is 14.6 Å². The molecule has 2 aromatic rings. The van der Waals surface area contributed by atoms with Crippen LogP contribution in [-0.4, -0.2) is 53.4 Å². The van der Waals surface area contributed by atoms with Crippen LogP contribution in [0.5, 0.6) is 0 Å². The minimum absolute atomic E-state index is 0.0247. The second-order valence-electron chi connectivity index (χ2n) is 5.95. The van der Waals surface area contributed by atoms with Crippen molar-refractivity contribution in [2.45, 2.75) is 13.5 Å². The summed E-state index contributed by atoms with van der Waals surface area (Å²) in [5, 5.41) is 2.93. The highest BCUT2D eigenvalue weighted by atomic mass is 79.9. The standard InChI is InChI=1S/C17H21BrN4O2/c1-13-19-10-16(24-13)11-21-6-8-22(9-7-21)12-17(23)20-15-4-2-14(18)3-5-15/h2-5,10H,6-9,11-12H2,1H3,(H,20,23). The van der Waals surface area contributed by atoms with Crippen molar-refractivity contribution in [1.29, 1.82) is 0 Å². The Bertz CT molecular complexity index is 678. The van der Waals surface area contributed by atoms with Crippen LogP contribution >= 0.6 is 15.9 Å². The Morgan fingerprint density at radius 3 is 2.50 bits per heavy atom. The molecule has 1 N–H and O–H groups in total. The van der Waals surface area contributed by atoms with Crippen LogP contribution in [0.2, 0.25) is 0 Å². The number of anilines is 1. The molecule has 1 amide bonds. The van der Waals surface area contributed by atoms with Crippen molar-refractivity contribution in [3.8, 4) is 0 Å². The summed E-state index contributed by atoms with van der Waals surface area (Å²) in [6.45, 7) is 6.65. The van der Waals surface area contributed by atoms with Crippen molar-refractivity contribution in [1.82, 2.24) is 14.8 Å². The van der Waals surface area contributed by atoms with E-state index in [1.54, 1.807) is 6.20 Å². The number of oxazole rings is 1. The topological polar surface area (TPSA) is 61.6 Å². The molecule has 1 aromatic heterocycles. The number of hydrogen-bond donors (Lipinski definition) is 1. The number of nitrogens with zero attached hydrogens (tertiary/aromatic N) is 3. The van der Waals surface area contributed by atoms with Crippen LogP contribution in [-0.2, 0) is 11.3 Å². The normalized spacial score (nSPS) is 16.2. The highest BCUT2D eigenvalue weighted by Gasteiger charge is 2.20. The zero-order chi connectivity index (χ0) is 16.9. The number of carbonyl (C=O) groups excluding carboxylic acids is 1. The second-order valence-corrected chi connectivity index (χ2v) is 6.87. The summed E-state index contributed by atoms with van der Waals surface area (Å²) in [6, 6.07) is 7.61. The van der Waals surface area contributed by atoms with Crippen molar-refractivity contribution in [2.24, 2.45) is 0 Å². The summed E-state index contributed by atoms with van der Waals surface area (Å²) in [6.07, 6.45) is 1.79. The van der Waals surface area contributed by atoms with Crippen molar-refractivity contribution >= 4 is 27.5 Å². The Morgan fingerprint density at radius 1 is 1.21 bits per heavy atom. The van der Waals surface area contributed by atoms with Gasteiger partial charge in [-0.1, -0.05) is 15.9 Å². The van der Waals surface area contributed by atoms with Gasteiger partial charge < -0.3 is 9.73 Å². The van der Waals surface area contributed by atoms with Crippen LogP contribution < -0.4 is 5.32 Å². The number of rotatable bonds is 5. The van der Waals surface area contributed by atoms with E-state index in [2.05, 4.69) is 36.0 Å². The largest absolute Gasteiger partial charge is 0.445 e. The SMILES string of the molecule is Cc1ncc(CN2CCN(CC(=O)Nc3ccc(Br)cc3)CC2)o1. The van der Waals surface area contributed by atoms with E-state index in [1.807, 2.05) is 31.2 Å². The third kappa shape index (κ3) is 4.90. The van der Waals surface area contributed by atoms with Gasteiger partial charge in [-0.25, -0.2) is 4.98 Å². The first-order chi connectivity index (χ1) is 11.6. The third-order valence-corrected chi connectivity index (χ3v) is 4.54. The molecule has 1 aliphatic rings. The molecule has 3 rings (SSSR count). The number of aromatic nitrogens is 1. The predicted molar refractivity (Wildman–Crippen MR) is 95.7 cm³/mol. The highest BCUT2D eigenvalue weighted by molar-refractivity contribution is 9.10. The van der Waals surface area contributed by atoms with Crippen molar-refractivity contribution in [2.75, 3.05) is 38.0 Å². The molecule has 7 heteroatoms. The molecule has 0 aliphatic carbocycles. The molecule has 0 atom stereocenters. The van der Waals surface area contributed by atoms with E-state index in [1.165, 1.54) is 0 Å². The second kappa shape index (κ2) is 7.92. The molecule has 0 radical (unpaired) electrons. The van der Waals surface area contributed by atoms with E-state index in [4.69, 9.17) is 4.42 Å². The van der Waals surface area contributed by atoms with Gasteiger partial charge in [0.15, 0.2) is 5.89 Å². The van der Waals surface area contributed by atoms with Gasteiger partial charge >= 0.3 is 0 Å². The first-order valence-corrected chi connectivity index (χ1v) is 8.79. The lowest BCUT2D eigenvalue weighted by Gasteiger charge is -2.33. The minimum Gasteiger partial charge on any atom is -0.445 e. The van der Waals surface area contributed by atoms with Gasteiger partial charge in [0.1, 0.15) is 5.76 Å². The molecular formula is C17H21BrN4O2. The number of hydrogen-bond acceptors (Lipinski definition) is 5. The number of carbonyl (C=O) groups is 1. The van der Waals surface area contributed by atoms with Gasteiger partial charge in [0.05, 0.1) is 19.3 Å². The molecule has 1 aromatic carbocycles. The molecule has 0 unspecified atom stereocenters. The van der Waals surface area contributed by atoms with Crippen LogP contribution in [0, 0.1) is 6.92 Å². The molecule has 1 saturated heterocycles. The Hall–Kier alpha value is -1.70. The van der Waals surface area contributed by atoms with Crippen molar-refractivity contribution in [3.63, 3.8) is 0 Å². The third-order valence-electron chi connectivity index (χ3n) is 4.01. The van der Waals surface area contributed by atoms with E-state index in [0.717, 1.165) is 48.6 Å². The first kappa shape index (κ1) is 17.1. The number of halogens is 1. The molecule has 1 fully saturated rings. The lowest BCUT2D eigenvalue weighted by Crippen LogP contribution is -2.48. The number of aryl methyl sites for hydroxylation is 1. The van der Waals surface area contributed by atoms with Crippen LogP contribution in [0.3, 0.4) is 0 Å². The lowest BCUT2D eigenvalue weighted by molar-refractivity contribution is -0.117. The fraction of sp³-hybridized carbons (Fsp3) is 0.412. The Balaban J connectivity index is 1.41. The monoisotopic (exact) mass is 392 g/mol. The summed E-state index contributed by atoms with van der Waals surface area (Å²) < 4.78 is 6.52. The van der Waals surface area contributed by atoms with Gasteiger partial charge in [-0.05, 0) is 24.3 Å². The van der Waals surface area contributed by atoms with E-state index in [-0.39, 0.29) is 5.91 Å². The van der Waals surface area contributed by atoms with Gasteiger partial charge in [0.25, 0.3) is 0 Å². The Kier molecular flexibility index (Phi) is 5.65. The lowest BCUT2D eigenvalue weighted by atomic mass is 10.3. The van der Waals surface area contributed by atoms with Crippen LogP contribution in [0.15, 0.2) is 39.4 Å². The first-order valence-electron chi connectivity index (χ1n) is 8.00. The maximum Gasteiger partial charge on any atom is 0.238 e. The van der Waals surface area contributed by atoms with Gasteiger partial charge in [0, 0.05) is 43.3 Å². The van der Waals surface area contributed by atoms with Crippen LogP contribution in [0.4, 0.5) is 5.69 Å². The predicted octanol–water partition coefficient (Wildman–Crippen LogP) is 2.50. The number of nitrogens with one attached hydrogen (secondary N) is 1. The van der Waals surface area contributed by atoms with E-state index in [0.29, 0.717) is 12.4 Å². The molecular weight excluding hydrogens is 372 g/mol. The molecule has 0 spiro atoms. The summed E-state index contributed by atoms with van der Waals surface area (Å²) in [5.41, 5.74) is 0.822. The zero-order valence-corrected chi connectivity index (χ0v) is 15.3. The minimum atomic E-state index is 0.0247. The van der Waals surface area contributed by atoms with Crippen molar-refractivity contribution in [3.05, 3.63) is 46.6 Å². The highest BCUT2D eigenvalue weighted by Crippen LogP contribution is 2.14. The average molecular weight is 393 g/mol. The van der Waals surface area contributed by atoms with Gasteiger partial charge in [-0.15, -0.1) is 0 Å². The zero-order valence-electron chi connectivity index (χ0n) is 13.7. The van der Waals surface area contributed by atoms with Gasteiger partial charge in [-0.2, -0.15) is 0 Å². The molecule has 24 heavy (non-hydrogen) atoms. The number of benzene rings is 1. The molecule has 1 aliphatic heterocycles. The Labute approximate surface area is 150 Å². The number of amides is 1. The van der Waals surface area contributed by atoms with E-state index < -0.39 is 0 Å². The summed E-state index contributed by atoms with van der Waals surface area (Å²) in [5.74, 6) is 1.62. The molecule has 0 saturated carbocycles. The smallest absolute Gasteiger partial charge is 0.238 e. The van der Waals surface area contributed by atoms with Crippen LogP contribution in [0.1, 0.15) is 11.7 Å². The maximum absolute atomic E-state index is 12.1. The quantitative estimate of drug-likeness (QED) is 0.846. The summed E-state index contributed by atoms with van der Waals surface area (Å²) in [4.78, 5) is 20.8. The molecule has 2 heterocycles. The molecule has 0 bridgehead atoms. The van der Waals surface area contributed by atoms with Crippen molar-refractivity contribution < 1.29 is 9.21 Å². The van der Waals surface area contributed by atoms with Crippen LogP contribution in [0.25, 0.3) is 0 Å². The summed E-state index contributed by atoms with van der Waals surface area (Å²) >= 11 is 3.39. The number of piperazine rings is 1. The average Bonchev–Trinajstić information content (AvgIpc) is 2.96. The molecule has 128 valence electrons.